The number of aromatic amines is 1. The topological polar surface area (TPSA) is 240 Å². The summed E-state index contributed by atoms with van der Waals surface area (Å²) in [5, 5.41) is 29.3. The number of nitrogens with two attached hydrogens (primary N) is 1. The van der Waals surface area contributed by atoms with Gasteiger partial charge < -0.3 is 26.4 Å². The van der Waals surface area contributed by atoms with Crippen LogP contribution in [0, 0.1) is 5.41 Å². The molecule has 41 heavy (non-hydrogen) atoms. The Morgan fingerprint density at radius 1 is 0.951 bits per heavy atom. The Kier molecular flexibility index (Phi) is 7.74. The average Bonchev–Trinajstić information content (AvgIpc) is 3.39. The van der Waals surface area contributed by atoms with Crippen LogP contribution in [0.5, 0.6) is 0 Å². The highest BCUT2D eigenvalue weighted by molar-refractivity contribution is 7.90. The Morgan fingerprint density at radius 2 is 1.59 bits per heavy atom. The number of nitrogen functional groups attached to an aromatic ring is 1. The summed E-state index contributed by atoms with van der Waals surface area (Å²) in [5.74, 6) is -0.646. The highest BCUT2D eigenvalue weighted by atomic mass is 32.2. The third-order valence-electron chi connectivity index (χ3n) is 6.63. The number of nitrogens with one attached hydrogen (secondary N) is 5. The summed E-state index contributed by atoms with van der Waals surface area (Å²) in [6.07, 6.45) is 0. The van der Waals surface area contributed by atoms with Crippen molar-refractivity contribution in [1.29, 1.82) is 5.41 Å². The Bertz CT molecular complexity index is 1920. The van der Waals surface area contributed by atoms with Crippen LogP contribution in [0.15, 0.2) is 64.4 Å². The van der Waals surface area contributed by atoms with Gasteiger partial charge in [0.15, 0.2) is 0 Å². The highest BCUT2D eigenvalue weighted by Crippen LogP contribution is 2.41. The van der Waals surface area contributed by atoms with Crippen molar-refractivity contribution >= 4 is 42.8 Å². The van der Waals surface area contributed by atoms with Crippen molar-refractivity contribution in [3.05, 3.63) is 65.7 Å². The van der Waals surface area contributed by atoms with Crippen molar-refractivity contribution in [1.82, 2.24) is 25.1 Å². The van der Waals surface area contributed by atoms with Crippen LogP contribution in [0.25, 0.3) is 33.5 Å². The fraction of sp³-hybridized carbons (Fsp3) is 0.160. The number of carbonyl (C=O) groups is 1. The average molecular weight is 602 g/mol. The fourth-order valence-corrected chi connectivity index (χ4v) is 6.24. The second-order valence-corrected chi connectivity index (χ2v) is 12.7. The molecule has 4 rings (SSSR count). The monoisotopic (exact) mass is 601 g/mol. The lowest BCUT2D eigenvalue weighted by Crippen LogP contribution is -2.38. The zero-order chi connectivity index (χ0) is 30.3. The number of benzene rings is 3. The molecule has 0 atom stereocenters. The van der Waals surface area contributed by atoms with E-state index >= 15 is 0 Å². The van der Waals surface area contributed by atoms with Gasteiger partial charge in [-0.1, -0.05) is 28.0 Å². The number of sulfonamides is 2. The van der Waals surface area contributed by atoms with Gasteiger partial charge in [-0.25, -0.2) is 21.8 Å². The fourth-order valence-electron chi connectivity index (χ4n) is 4.42. The molecule has 0 fully saturated rings. The predicted molar refractivity (Wildman–Crippen MR) is 149 cm³/mol. The van der Waals surface area contributed by atoms with E-state index in [1.165, 1.54) is 47.2 Å². The van der Waals surface area contributed by atoms with Gasteiger partial charge in [0.1, 0.15) is 16.6 Å². The summed E-state index contributed by atoms with van der Waals surface area (Å²) < 4.78 is 52.2. The number of likely N-dealkylation sites (N-methyl/N-ethyl adjacent to an activating group) is 1. The molecule has 0 aliphatic heterocycles. The minimum Gasteiger partial charge on any atom is -0.384 e. The molecule has 1 heterocycles. The number of carbonyl (C=O) groups excluding carboxylic acids is 1. The first kappa shape index (κ1) is 29.8. The molecular formula is C25H27N7O7S2. The van der Waals surface area contributed by atoms with Gasteiger partial charge in [0, 0.05) is 29.3 Å². The van der Waals surface area contributed by atoms with Gasteiger partial charge in [0.2, 0.25) is 5.91 Å². The van der Waals surface area contributed by atoms with Crippen LogP contribution in [-0.2, 0) is 30.3 Å². The first-order valence-corrected chi connectivity index (χ1v) is 14.8. The van der Waals surface area contributed by atoms with E-state index in [1.807, 2.05) is 0 Å². The van der Waals surface area contributed by atoms with E-state index in [0.717, 1.165) is 6.07 Å². The minimum atomic E-state index is -4.76. The predicted octanol–water partition coefficient (Wildman–Crippen LogP) is 1.54. The molecule has 1 amide bonds. The third-order valence-corrected chi connectivity index (χ3v) is 9.02. The number of amides is 1. The number of aromatic nitrogens is 2. The normalized spacial score (nSPS) is 12.4. The molecule has 0 saturated heterocycles. The molecule has 0 bridgehead atoms. The van der Waals surface area contributed by atoms with Crippen molar-refractivity contribution in [2.24, 2.45) is 5.73 Å². The van der Waals surface area contributed by atoms with E-state index in [4.69, 9.17) is 11.1 Å². The molecule has 1 aromatic heterocycles. The van der Waals surface area contributed by atoms with Crippen molar-refractivity contribution in [2.45, 2.75) is 29.1 Å². The maximum atomic E-state index is 13.4. The second-order valence-electron chi connectivity index (χ2n) is 9.52. The lowest BCUT2D eigenvalue weighted by molar-refractivity contribution is -0.125. The lowest BCUT2D eigenvalue weighted by atomic mass is 9.81. The summed E-state index contributed by atoms with van der Waals surface area (Å²) in [7, 11) is -7.86. The van der Waals surface area contributed by atoms with Crippen LogP contribution in [0.3, 0.4) is 0 Å². The first-order valence-electron chi connectivity index (χ1n) is 11.8. The standard InChI is InChI=1S/C25H27N7O7S2/c1-25(2,24(33)28-3)14-11-16(15-6-4-5-7-20(15)40(36,37)31-34)21(41(38,39)32-35)17(12-14)23-29-18-9-8-13(22(26)27)10-19(18)30-23/h4-12,31-32,34-35H,1-3H3,(H3,26,27)(H,28,33)(H,29,30). The summed E-state index contributed by atoms with van der Waals surface area (Å²) in [6, 6.07) is 12.7. The molecule has 0 spiro atoms. The van der Waals surface area contributed by atoms with Gasteiger partial charge in [0.25, 0.3) is 20.0 Å². The van der Waals surface area contributed by atoms with Gasteiger partial charge in [-0.05, 0) is 55.8 Å². The lowest BCUT2D eigenvalue weighted by Gasteiger charge is -2.26. The largest absolute Gasteiger partial charge is 0.384 e. The van der Waals surface area contributed by atoms with Gasteiger partial charge in [-0.15, -0.1) is 0 Å². The smallest absolute Gasteiger partial charge is 0.263 e. The number of hydrogen-bond donors (Lipinski definition) is 8. The molecule has 16 heteroatoms. The van der Waals surface area contributed by atoms with E-state index < -0.39 is 41.2 Å². The van der Waals surface area contributed by atoms with Crippen molar-refractivity contribution in [2.75, 3.05) is 7.05 Å². The third kappa shape index (κ3) is 5.31. The number of imidazole rings is 1. The van der Waals surface area contributed by atoms with Crippen molar-refractivity contribution < 1.29 is 32.0 Å². The quantitative estimate of drug-likeness (QED) is 0.0787. The first-order chi connectivity index (χ1) is 19.2. The molecule has 0 aliphatic rings. The van der Waals surface area contributed by atoms with Gasteiger partial charge >= 0.3 is 0 Å². The maximum absolute atomic E-state index is 13.4. The van der Waals surface area contributed by atoms with E-state index in [9.17, 15) is 32.0 Å². The van der Waals surface area contributed by atoms with Crippen molar-refractivity contribution in [3.63, 3.8) is 0 Å². The molecule has 0 saturated carbocycles. The van der Waals surface area contributed by atoms with Crippen LogP contribution < -0.4 is 20.8 Å². The van der Waals surface area contributed by atoms with Gasteiger partial charge in [-0.3, -0.25) is 10.2 Å². The number of amidine groups is 1. The summed E-state index contributed by atoms with van der Waals surface area (Å²) in [5.41, 5.74) is 5.28. The maximum Gasteiger partial charge on any atom is 0.263 e. The van der Waals surface area contributed by atoms with E-state index in [0.29, 0.717) is 16.6 Å². The number of nitrogens with zero attached hydrogens (tertiary/aromatic N) is 1. The Hall–Kier alpha value is -4.19. The zero-order valence-corrected chi connectivity index (χ0v) is 23.6. The van der Waals surface area contributed by atoms with Crippen molar-refractivity contribution in [3.8, 4) is 22.5 Å². The molecule has 9 N–H and O–H groups in total. The molecule has 4 aromatic rings. The van der Waals surface area contributed by atoms with Crippen LogP contribution >= 0.6 is 0 Å². The SMILES string of the molecule is CNC(=O)C(C)(C)c1cc(-c2nc3ccc(C(=N)N)cc3[nH]2)c(S(=O)(=O)NO)c(-c2ccccc2S(=O)(=O)NO)c1. The Balaban J connectivity index is 2.22. The van der Waals surface area contributed by atoms with Crippen LogP contribution in [-0.4, -0.2) is 56.0 Å². The summed E-state index contributed by atoms with van der Waals surface area (Å²) >= 11 is 0. The van der Waals surface area contributed by atoms with Crippen LogP contribution in [0.4, 0.5) is 0 Å². The molecule has 0 aliphatic carbocycles. The summed E-state index contributed by atoms with van der Waals surface area (Å²) in [4.78, 5) is 21.9. The summed E-state index contributed by atoms with van der Waals surface area (Å²) in [6.45, 7) is 3.17. The molecular weight excluding hydrogens is 574 g/mol. The van der Waals surface area contributed by atoms with E-state index in [2.05, 4.69) is 15.3 Å². The highest BCUT2D eigenvalue weighted by Gasteiger charge is 2.35. The molecule has 0 unspecified atom stereocenters. The number of H-pyrrole nitrogens is 1. The second kappa shape index (κ2) is 10.7. The zero-order valence-electron chi connectivity index (χ0n) is 22.0. The minimum absolute atomic E-state index is 0.00837. The number of fused-ring (bicyclic) bond motifs is 1. The Morgan fingerprint density at radius 3 is 2.20 bits per heavy atom. The molecule has 216 valence electrons. The van der Waals surface area contributed by atoms with Gasteiger partial charge in [-0.2, -0.15) is 0 Å². The van der Waals surface area contributed by atoms with E-state index in [1.54, 1.807) is 32.0 Å². The van der Waals surface area contributed by atoms with Crippen LogP contribution in [0.1, 0.15) is 25.0 Å². The van der Waals surface area contributed by atoms with Gasteiger partial charge in [0.05, 0.1) is 21.3 Å². The van der Waals surface area contributed by atoms with Crippen LogP contribution in [0.2, 0.25) is 0 Å². The molecule has 0 radical (unpaired) electrons. The number of rotatable bonds is 9. The molecule has 3 aromatic carbocycles. The van der Waals surface area contributed by atoms with E-state index in [-0.39, 0.29) is 33.9 Å². The number of hydrogen-bond acceptors (Lipinski definition) is 9. The Labute approximate surface area is 235 Å². The molecule has 14 nitrogen and oxygen atoms in total.